The van der Waals surface area contributed by atoms with Crippen LogP contribution in [-0.4, -0.2) is 9.32 Å². The van der Waals surface area contributed by atoms with Gasteiger partial charge in [0.05, 0.1) is 5.56 Å². The Morgan fingerprint density at radius 1 is 1.44 bits per heavy atom. The lowest BCUT2D eigenvalue weighted by Gasteiger charge is -2.17. The normalized spacial score (nSPS) is 29.5. The highest BCUT2D eigenvalue weighted by atomic mass is 35.5. The molecule has 2 atom stereocenters. The largest absolute Gasteiger partial charge is 0.711 e. The summed E-state index contributed by atoms with van der Waals surface area (Å²) in [4.78, 5) is 3.58. The van der Waals surface area contributed by atoms with E-state index in [-0.39, 0.29) is 17.7 Å². The predicted octanol–water partition coefficient (Wildman–Crippen LogP) is 1.68. The van der Waals surface area contributed by atoms with Crippen molar-refractivity contribution < 1.29 is 9.12 Å². The molecule has 1 saturated carbocycles. The van der Waals surface area contributed by atoms with Crippen molar-refractivity contribution in [3.63, 3.8) is 0 Å². The van der Waals surface area contributed by atoms with Crippen LogP contribution in [0.3, 0.4) is 0 Å². The molecule has 2 aliphatic carbocycles. The molecule has 0 spiro atoms. The minimum absolute atomic E-state index is 0.0577. The van der Waals surface area contributed by atoms with Crippen LogP contribution < -0.4 is 4.73 Å². The first-order valence-electron chi connectivity index (χ1n) is 5.08. The Morgan fingerprint density at radius 3 is 2.75 bits per heavy atom. The van der Waals surface area contributed by atoms with Gasteiger partial charge in [0.1, 0.15) is 10.0 Å². The van der Waals surface area contributed by atoms with Crippen molar-refractivity contribution in [2.45, 2.75) is 24.1 Å². The molecule has 0 bridgehead atoms. The smallest absolute Gasteiger partial charge is 0.328 e. The molecule has 2 aliphatic rings. The van der Waals surface area contributed by atoms with Crippen molar-refractivity contribution >= 4 is 23.2 Å². The maximum atomic E-state index is 13.6. The third-order valence-electron chi connectivity index (χ3n) is 3.60. The van der Waals surface area contributed by atoms with E-state index in [2.05, 4.69) is 4.98 Å². The molecule has 0 saturated heterocycles. The SMILES string of the molecule is Cc1nc(F)c2c([n+]1[O-])CC1C(C2)C1(Cl)Cl. The van der Waals surface area contributed by atoms with E-state index >= 15 is 0 Å². The van der Waals surface area contributed by atoms with E-state index in [0.717, 1.165) is 0 Å². The fourth-order valence-corrected chi connectivity index (χ4v) is 3.34. The minimum Gasteiger partial charge on any atom is -0.711 e. The molecule has 1 aromatic rings. The Morgan fingerprint density at radius 2 is 2.06 bits per heavy atom. The number of rotatable bonds is 0. The number of aromatic nitrogens is 2. The molecule has 0 N–H and O–H groups in total. The third kappa shape index (κ3) is 1.20. The van der Waals surface area contributed by atoms with Crippen molar-refractivity contribution in [2.24, 2.45) is 11.8 Å². The van der Waals surface area contributed by atoms with E-state index < -0.39 is 10.3 Å². The van der Waals surface area contributed by atoms with Crippen LogP contribution in [0, 0.1) is 29.9 Å². The lowest BCUT2D eigenvalue weighted by molar-refractivity contribution is -0.625. The molecule has 1 heterocycles. The topological polar surface area (TPSA) is 39.8 Å². The van der Waals surface area contributed by atoms with E-state index in [1.165, 1.54) is 6.92 Å². The third-order valence-corrected chi connectivity index (χ3v) is 4.72. The first-order chi connectivity index (χ1) is 7.43. The molecular weight excluding hydrogens is 254 g/mol. The van der Waals surface area contributed by atoms with E-state index in [9.17, 15) is 9.60 Å². The van der Waals surface area contributed by atoms with Crippen LogP contribution in [0.1, 0.15) is 17.1 Å². The van der Waals surface area contributed by atoms with Gasteiger partial charge < -0.3 is 5.21 Å². The molecular formula is C10H9Cl2FN2O. The van der Waals surface area contributed by atoms with Crippen LogP contribution in [0.4, 0.5) is 4.39 Å². The molecule has 6 heteroatoms. The van der Waals surface area contributed by atoms with Crippen molar-refractivity contribution in [3.8, 4) is 0 Å². The van der Waals surface area contributed by atoms with Crippen LogP contribution in [0.25, 0.3) is 0 Å². The molecule has 0 amide bonds. The van der Waals surface area contributed by atoms with Gasteiger partial charge in [-0.15, -0.1) is 23.2 Å². The molecule has 1 aromatic heterocycles. The van der Waals surface area contributed by atoms with Gasteiger partial charge in [0.15, 0.2) is 0 Å². The highest BCUT2D eigenvalue weighted by Crippen LogP contribution is 2.63. The fraction of sp³-hybridized carbons (Fsp3) is 0.600. The average molecular weight is 263 g/mol. The lowest BCUT2D eigenvalue weighted by Crippen LogP contribution is -2.40. The molecule has 3 rings (SSSR count). The van der Waals surface area contributed by atoms with Crippen molar-refractivity contribution in [1.82, 2.24) is 4.98 Å². The summed E-state index contributed by atoms with van der Waals surface area (Å²) < 4.78 is 13.5. The molecule has 0 aliphatic heterocycles. The molecule has 86 valence electrons. The summed E-state index contributed by atoms with van der Waals surface area (Å²) in [5.41, 5.74) is 0.819. The Bertz CT molecular complexity index is 492. The summed E-state index contributed by atoms with van der Waals surface area (Å²) >= 11 is 12.1. The molecule has 0 aromatic carbocycles. The molecule has 1 fully saturated rings. The van der Waals surface area contributed by atoms with Crippen LogP contribution in [0.5, 0.6) is 0 Å². The Balaban J connectivity index is 2.11. The van der Waals surface area contributed by atoms with Gasteiger partial charge in [0.25, 0.3) is 0 Å². The van der Waals surface area contributed by atoms with Gasteiger partial charge >= 0.3 is 11.8 Å². The number of halogens is 3. The van der Waals surface area contributed by atoms with Crippen molar-refractivity contribution in [2.75, 3.05) is 0 Å². The van der Waals surface area contributed by atoms with Gasteiger partial charge in [-0.25, -0.2) is 4.73 Å². The first-order valence-corrected chi connectivity index (χ1v) is 5.83. The summed E-state index contributed by atoms with van der Waals surface area (Å²) in [6, 6.07) is 0. The summed E-state index contributed by atoms with van der Waals surface area (Å²) in [6.07, 6.45) is 0.852. The maximum absolute atomic E-state index is 13.6. The van der Waals surface area contributed by atoms with Gasteiger partial charge in [-0.05, 0) is 11.4 Å². The number of hydrogen-bond acceptors (Lipinski definition) is 2. The predicted molar refractivity (Wildman–Crippen MR) is 56.7 cm³/mol. The summed E-state index contributed by atoms with van der Waals surface area (Å²) in [5, 5.41) is 11.7. The second-order valence-corrected chi connectivity index (χ2v) is 5.91. The second-order valence-electron chi connectivity index (χ2n) is 4.47. The quantitative estimate of drug-likeness (QED) is 0.309. The van der Waals surface area contributed by atoms with Crippen molar-refractivity contribution in [1.29, 1.82) is 0 Å². The maximum Gasteiger partial charge on any atom is 0.328 e. The number of fused-ring (bicyclic) bond motifs is 2. The summed E-state index contributed by atoms with van der Waals surface area (Å²) in [7, 11) is 0. The standard InChI is InChI=1S/C10H9Cl2FN2O/c1-4-14-9(13)5-2-6-7(10(6,11)12)3-8(5)15(4)16/h6-7H,2-3H2,1H3. The van der Waals surface area contributed by atoms with Crippen LogP contribution in [0.2, 0.25) is 0 Å². The van der Waals surface area contributed by atoms with Crippen LogP contribution in [0.15, 0.2) is 0 Å². The monoisotopic (exact) mass is 262 g/mol. The first kappa shape index (κ1) is 10.5. The molecule has 3 nitrogen and oxygen atoms in total. The molecule has 0 radical (unpaired) electrons. The number of nitrogens with zero attached hydrogens (tertiary/aromatic N) is 2. The van der Waals surface area contributed by atoms with Gasteiger partial charge in [-0.3, -0.25) is 0 Å². The van der Waals surface area contributed by atoms with Gasteiger partial charge in [-0.2, -0.15) is 4.39 Å². The van der Waals surface area contributed by atoms with E-state index in [4.69, 9.17) is 23.2 Å². The second kappa shape index (κ2) is 2.99. The van der Waals surface area contributed by atoms with E-state index in [0.29, 0.717) is 28.8 Å². The van der Waals surface area contributed by atoms with E-state index in [1.807, 2.05) is 0 Å². The number of aryl methyl sites for hydroxylation is 1. The summed E-state index contributed by atoms with van der Waals surface area (Å²) in [6.45, 7) is 1.49. The zero-order valence-corrected chi connectivity index (χ0v) is 10.0. The Hall–Kier alpha value is -0.610. The van der Waals surface area contributed by atoms with Gasteiger partial charge in [-0.1, -0.05) is 0 Å². The number of alkyl halides is 2. The zero-order chi connectivity index (χ0) is 11.7. The number of hydrogen-bond donors (Lipinski definition) is 0. The lowest BCUT2D eigenvalue weighted by atomic mass is 9.97. The summed E-state index contributed by atoms with van der Waals surface area (Å²) in [5.74, 6) is -0.300. The van der Waals surface area contributed by atoms with Gasteiger partial charge in [0.2, 0.25) is 0 Å². The zero-order valence-electron chi connectivity index (χ0n) is 8.51. The van der Waals surface area contributed by atoms with Crippen LogP contribution in [-0.2, 0) is 12.8 Å². The van der Waals surface area contributed by atoms with E-state index in [1.54, 1.807) is 0 Å². The fourth-order valence-electron chi connectivity index (χ4n) is 2.55. The minimum atomic E-state index is -0.799. The average Bonchev–Trinajstić information content (AvgIpc) is 2.76. The van der Waals surface area contributed by atoms with Gasteiger partial charge in [0, 0.05) is 25.2 Å². The highest BCUT2D eigenvalue weighted by molar-refractivity contribution is 6.51. The van der Waals surface area contributed by atoms with Crippen LogP contribution >= 0.6 is 23.2 Å². The highest BCUT2D eigenvalue weighted by Gasteiger charge is 2.65. The Kier molecular flexibility index (Phi) is 1.97. The Labute approximate surface area is 102 Å². The molecule has 2 unspecified atom stereocenters. The molecule has 16 heavy (non-hydrogen) atoms. The van der Waals surface area contributed by atoms with Crippen molar-refractivity contribution in [3.05, 3.63) is 28.2 Å².